The van der Waals surface area contributed by atoms with E-state index >= 15 is 0 Å². The molecule has 10 heteroatoms. The molecular weight excluding hydrogens is 444 g/mol. The maximum atomic E-state index is 10.1. The third-order valence-electron chi connectivity index (χ3n) is 4.43. The summed E-state index contributed by atoms with van der Waals surface area (Å²) in [6.45, 7) is 2.05. The van der Waals surface area contributed by atoms with Crippen molar-refractivity contribution in [1.82, 2.24) is 9.13 Å². The molecule has 0 aromatic carbocycles. The molecule has 32 heavy (non-hydrogen) atoms. The maximum absolute atomic E-state index is 10.1. The molecule has 9 nitrogen and oxygen atoms in total. The Hall–Kier alpha value is -1.36. The van der Waals surface area contributed by atoms with Gasteiger partial charge in [-0.2, -0.15) is 0 Å². The molecule has 0 fully saturated rings. The largest absolute Gasteiger partial charge is 2.00 e. The first-order valence-corrected chi connectivity index (χ1v) is 10.2. The number of rotatable bonds is 14. The number of carboxylic acid groups (broad SMARTS) is 2. The predicted molar refractivity (Wildman–Crippen MR) is 122 cm³/mol. The van der Waals surface area contributed by atoms with Gasteiger partial charge in [0.1, 0.15) is 0 Å². The van der Waals surface area contributed by atoms with E-state index in [0.717, 1.165) is 64.5 Å². The Bertz CT molecular complexity index is 579. The first-order valence-electron chi connectivity index (χ1n) is 10.2. The summed E-state index contributed by atoms with van der Waals surface area (Å²) in [5.74, 6) is -1.87. The summed E-state index contributed by atoms with van der Waals surface area (Å²) in [6.07, 6.45) is 16.4. The normalized spacial score (nSPS) is 9.00. The summed E-state index contributed by atoms with van der Waals surface area (Å²) in [4.78, 5) is 20.2. The fraction of sp³-hybridized carbons (Fsp3) is 0.545. The fourth-order valence-corrected chi connectivity index (χ4v) is 2.87. The van der Waals surface area contributed by atoms with Crippen LogP contribution in [-0.2, 0) is 22.7 Å². The summed E-state index contributed by atoms with van der Waals surface area (Å²) in [7, 11) is 0. The monoisotopic (exact) mass is 482 g/mol. The van der Waals surface area contributed by atoms with Gasteiger partial charge in [-0.15, -0.1) is 0 Å². The SMILES string of the molecule is O.O.O.O=C([O-])CCCCCCn1cccc1.O=C([O-])CCCCCCn1cccc1.[Ca+2]. The van der Waals surface area contributed by atoms with Gasteiger partial charge in [0, 0.05) is 49.8 Å². The molecule has 0 radical (unpaired) electrons. The van der Waals surface area contributed by atoms with E-state index in [1.807, 2.05) is 49.1 Å². The van der Waals surface area contributed by atoms with E-state index < -0.39 is 11.9 Å². The van der Waals surface area contributed by atoms with E-state index in [1.165, 1.54) is 0 Å². The van der Waals surface area contributed by atoms with Crippen LogP contribution in [0.2, 0.25) is 0 Å². The Balaban J connectivity index is -0.000000218. The Morgan fingerprint density at radius 3 is 1.09 bits per heavy atom. The first kappa shape index (κ1) is 37.9. The molecular formula is C22H38CaN2O7. The van der Waals surface area contributed by atoms with E-state index in [0.29, 0.717) is 0 Å². The molecule has 0 unspecified atom stereocenters. The van der Waals surface area contributed by atoms with Crippen LogP contribution in [0.15, 0.2) is 49.1 Å². The van der Waals surface area contributed by atoms with E-state index in [1.54, 1.807) is 0 Å². The fourth-order valence-electron chi connectivity index (χ4n) is 2.87. The summed E-state index contributed by atoms with van der Waals surface area (Å²) in [6, 6.07) is 8.04. The van der Waals surface area contributed by atoms with Gasteiger partial charge in [0.05, 0.1) is 0 Å². The van der Waals surface area contributed by atoms with Gasteiger partial charge in [-0.05, 0) is 62.8 Å². The number of hydrogen-bond acceptors (Lipinski definition) is 4. The summed E-state index contributed by atoms with van der Waals surface area (Å²) in [5.41, 5.74) is 0. The number of carbonyl (C=O) groups excluding carboxylic acids is 2. The zero-order chi connectivity index (χ0) is 20.5. The molecule has 180 valence electrons. The van der Waals surface area contributed by atoms with Gasteiger partial charge in [0.15, 0.2) is 0 Å². The molecule has 0 aliphatic carbocycles. The van der Waals surface area contributed by atoms with Crippen molar-refractivity contribution < 1.29 is 36.2 Å². The van der Waals surface area contributed by atoms with E-state index in [2.05, 4.69) is 9.13 Å². The number of aryl methyl sites for hydroxylation is 2. The topological polar surface area (TPSA) is 185 Å². The number of carbonyl (C=O) groups is 2. The minimum absolute atomic E-state index is 0. The van der Waals surface area contributed by atoms with Crippen LogP contribution in [0.1, 0.15) is 64.2 Å². The Morgan fingerprint density at radius 1 is 0.531 bits per heavy atom. The smallest absolute Gasteiger partial charge is 0.550 e. The van der Waals surface area contributed by atoms with Gasteiger partial charge < -0.3 is 45.4 Å². The molecule has 0 bridgehead atoms. The molecule has 0 saturated carbocycles. The third-order valence-corrected chi connectivity index (χ3v) is 4.43. The molecule has 0 spiro atoms. The average Bonchev–Trinajstić information content (AvgIpc) is 3.35. The number of aliphatic carboxylic acids is 2. The number of carboxylic acids is 2. The first-order chi connectivity index (χ1) is 13.6. The quantitative estimate of drug-likeness (QED) is 0.260. The van der Waals surface area contributed by atoms with Gasteiger partial charge in [-0.1, -0.05) is 25.7 Å². The second kappa shape index (κ2) is 25.9. The molecule has 2 heterocycles. The zero-order valence-electron chi connectivity index (χ0n) is 18.8. The Kier molecular flexibility index (Phi) is 30.7. The zero-order valence-corrected chi connectivity index (χ0v) is 21.0. The second-order valence-corrected chi connectivity index (χ2v) is 6.91. The standard InChI is InChI=1S/2C11H17NO2.Ca.3H2O/c2*13-11(14)7-3-1-2-4-8-12-9-5-6-10-12;;;;/h2*5-6,9-10H,1-4,7-8H2,(H,13,14);;3*1H2/q;;+2;;;/p-2. The molecule has 2 aromatic rings. The van der Waals surface area contributed by atoms with E-state index in [-0.39, 0.29) is 67.0 Å². The minimum atomic E-state index is -0.935. The molecule has 0 amide bonds. The Labute approximate surface area is 220 Å². The summed E-state index contributed by atoms with van der Waals surface area (Å²) >= 11 is 0. The molecule has 0 saturated heterocycles. The number of aromatic nitrogens is 2. The van der Waals surface area contributed by atoms with E-state index in [9.17, 15) is 19.8 Å². The van der Waals surface area contributed by atoms with Gasteiger partial charge >= 0.3 is 37.7 Å². The van der Waals surface area contributed by atoms with Crippen molar-refractivity contribution in [2.75, 3.05) is 0 Å². The van der Waals surface area contributed by atoms with Gasteiger partial charge in [-0.3, -0.25) is 0 Å². The maximum Gasteiger partial charge on any atom is 2.00 e. The van der Waals surface area contributed by atoms with Crippen LogP contribution in [0.4, 0.5) is 0 Å². The molecule has 0 aliphatic rings. The van der Waals surface area contributed by atoms with Crippen LogP contribution in [0.5, 0.6) is 0 Å². The van der Waals surface area contributed by atoms with Crippen LogP contribution in [-0.4, -0.2) is 75.2 Å². The van der Waals surface area contributed by atoms with Crippen molar-refractivity contribution in [3.8, 4) is 0 Å². The van der Waals surface area contributed by atoms with Crippen molar-refractivity contribution in [3.05, 3.63) is 49.1 Å². The predicted octanol–water partition coefficient (Wildman–Crippen LogP) is -0.478. The van der Waals surface area contributed by atoms with Gasteiger partial charge in [-0.25, -0.2) is 0 Å². The minimum Gasteiger partial charge on any atom is -0.550 e. The van der Waals surface area contributed by atoms with Crippen LogP contribution < -0.4 is 10.2 Å². The van der Waals surface area contributed by atoms with Crippen molar-refractivity contribution in [3.63, 3.8) is 0 Å². The van der Waals surface area contributed by atoms with Crippen molar-refractivity contribution in [2.45, 2.75) is 77.3 Å². The third kappa shape index (κ3) is 23.3. The van der Waals surface area contributed by atoms with Crippen LogP contribution in [0, 0.1) is 0 Å². The summed E-state index contributed by atoms with van der Waals surface area (Å²) < 4.78 is 4.28. The molecule has 2 aromatic heterocycles. The number of nitrogens with zero attached hydrogens (tertiary/aromatic N) is 2. The second-order valence-electron chi connectivity index (χ2n) is 6.91. The van der Waals surface area contributed by atoms with Crippen LogP contribution >= 0.6 is 0 Å². The van der Waals surface area contributed by atoms with Crippen molar-refractivity contribution >= 4 is 49.7 Å². The van der Waals surface area contributed by atoms with Crippen molar-refractivity contribution in [2.24, 2.45) is 0 Å². The summed E-state index contributed by atoms with van der Waals surface area (Å²) in [5, 5.41) is 20.2. The molecule has 6 N–H and O–H groups in total. The van der Waals surface area contributed by atoms with Gasteiger partial charge in [0.25, 0.3) is 0 Å². The Morgan fingerprint density at radius 2 is 0.812 bits per heavy atom. The average molecular weight is 483 g/mol. The van der Waals surface area contributed by atoms with Crippen LogP contribution in [0.25, 0.3) is 0 Å². The van der Waals surface area contributed by atoms with Crippen LogP contribution in [0.3, 0.4) is 0 Å². The number of unbranched alkanes of at least 4 members (excludes halogenated alkanes) is 6. The van der Waals surface area contributed by atoms with E-state index in [4.69, 9.17) is 0 Å². The molecule has 0 aliphatic heterocycles. The number of hydrogen-bond donors (Lipinski definition) is 0. The molecule has 0 atom stereocenters. The molecule has 2 rings (SSSR count). The van der Waals surface area contributed by atoms with Crippen molar-refractivity contribution in [1.29, 1.82) is 0 Å². The van der Waals surface area contributed by atoms with Gasteiger partial charge in [0.2, 0.25) is 0 Å².